The predicted octanol–water partition coefficient (Wildman–Crippen LogP) is 3.38. The van der Waals surface area contributed by atoms with Crippen LogP contribution in [-0.2, 0) is 19.6 Å². The van der Waals surface area contributed by atoms with Crippen molar-refractivity contribution in [3.8, 4) is 0 Å². The lowest BCUT2D eigenvalue weighted by Crippen LogP contribution is -2.15. The summed E-state index contributed by atoms with van der Waals surface area (Å²) in [6.07, 6.45) is 1.81. The SMILES string of the molecule is c1ccc(CNc2cccc(CNCc3ccccn3)n2)cc1. The summed E-state index contributed by atoms with van der Waals surface area (Å²) in [5, 5.41) is 6.72. The topological polar surface area (TPSA) is 49.8 Å². The first-order chi connectivity index (χ1) is 11.4. The molecule has 3 aromatic rings. The Kier molecular flexibility index (Phi) is 5.32. The van der Waals surface area contributed by atoms with Gasteiger partial charge in [-0.1, -0.05) is 42.5 Å². The maximum atomic E-state index is 4.62. The van der Waals surface area contributed by atoms with Crippen LogP contribution in [0.1, 0.15) is 17.0 Å². The summed E-state index contributed by atoms with van der Waals surface area (Å²) in [6.45, 7) is 2.24. The molecule has 0 radical (unpaired) electrons. The van der Waals surface area contributed by atoms with Crippen molar-refractivity contribution in [2.24, 2.45) is 0 Å². The van der Waals surface area contributed by atoms with Crippen molar-refractivity contribution in [1.82, 2.24) is 15.3 Å². The molecule has 2 N–H and O–H groups in total. The van der Waals surface area contributed by atoms with E-state index in [-0.39, 0.29) is 0 Å². The van der Waals surface area contributed by atoms with E-state index in [9.17, 15) is 0 Å². The van der Waals surface area contributed by atoms with E-state index in [1.807, 2.05) is 60.8 Å². The normalized spacial score (nSPS) is 10.4. The molecule has 1 aromatic carbocycles. The molecule has 116 valence electrons. The minimum Gasteiger partial charge on any atom is -0.366 e. The predicted molar refractivity (Wildman–Crippen MR) is 92.8 cm³/mol. The fourth-order valence-corrected chi connectivity index (χ4v) is 2.29. The zero-order chi connectivity index (χ0) is 15.7. The Hall–Kier alpha value is -2.72. The summed E-state index contributed by atoms with van der Waals surface area (Å²) in [7, 11) is 0. The van der Waals surface area contributed by atoms with Crippen LogP contribution in [0.15, 0.2) is 72.9 Å². The molecular weight excluding hydrogens is 284 g/mol. The monoisotopic (exact) mass is 304 g/mol. The van der Waals surface area contributed by atoms with Gasteiger partial charge in [0.25, 0.3) is 0 Å². The van der Waals surface area contributed by atoms with E-state index in [0.29, 0.717) is 0 Å². The summed E-state index contributed by atoms with van der Waals surface area (Å²) >= 11 is 0. The lowest BCUT2D eigenvalue weighted by molar-refractivity contribution is 0.668. The molecule has 4 heteroatoms. The molecular formula is C19H20N4. The molecule has 2 aromatic heterocycles. The summed E-state index contributed by atoms with van der Waals surface area (Å²) in [6, 6.07) is 22.3. The van der Waals surface area contributed by atoms with Crippen LogP contribution in [-0.4, -0.2) is 9.97 Å². The average Bonchev–Trinajstić information content (AvgIpc) is 2.62. The van der Waals surface area contributed by atoms with Gasteiger partial charge in [-0.3, -0.25) is 4.98 Å². The van der Waals surface area contributed by atoms with Gasteiger partial charge in [0, 0.05) is 25.8 Å². The maximum absolute atomic E-state index is 4.62. The molecule has 0 saturated carbocycles. The van der Waals surface area contributed by atoms with Gasteiger partial charge < -0.3 is 10.6 Å². The molecule has 0 saturated heterocycles. The fourth-order valence-electron chi connectivity index (χ4n) is 2.29. The van der Waals surface area contributed by atoms with E-state index in [2.05, 4.69) is 32.7 Å². The van der Waals surface area contributed by atoms with Crippen molar-refractivity contribution < 1.29 is 0 Å². The van der Waals surface area contributed by atoms with Crippen molar-refractivity contribution in [3.63, 3.8) is 0 Å². The Morgan fingerprint density at radius 3 is 2.30 bits per heavy atom. The Labute approximate surface area is 136 Å². The smallest absolute Gasteiger partial charge is 0.126 e. The number of aromatic nitrogens is 2. The molecule has 0 atom stereocenters. The lowest BCUT2D eigenvalue weighted by Gasteiger charge is -2.08. The highest BCUT2D eigenvalue weighted by Gasteiger charge is 1.99. The molecule has 0 amide bonds. The van der Waals surface area contributed by atoms with Gasteiger partial charge in [0.05, 0.1) is 11.4 Å². The number of hydrogen-bond acceptors (Lipinski definition) is 4. The quantitative estimate of drug-likeness (QED) is 0.702. The van der Waals surface area contributed by atoms with E-state index in [1.54, 1.807) is 0 Å². The molecule has 4 nitrogen and oxygen atoms in total. The van der Waals surface area contributed by atoms with Gasteiger partial charge in [-0.25, -0.2) is 4.98 Å². The molecule has 23 heavy (non-hydrogen) atoms. The van der Waals surface area contributed by atoms with Crippen LogP contribution in [0.3, 0.4) is 0 Å². The fraction of sp³-hybridized carbons (Fsp3) is 0.158. The number of pyridine rings is 2. The first-order valence-electron chi connectivity index (χ1n) is 7.74. The molecule has 0 aliphatic heterocycles. The molecule has 0 aliphatic rings. The van der Waals surface area contributed by atoms with Gasteiger partial charge in [0.15, 0.2) is 0 Å². The molecule has 0 unspecified atom stereocenters. The van der Waals surface area contributed by atoms with Crippen molar-refractivity contribution >= 4 is 5.82 Å². The number of nitrogens with one attached hydrogen (secondary N) is 2. The second-order valence-electron chi connectivity index (χ2n) is 5.28. The zero-order valence-corrected chi connectivity index (χ0v) is 12.9. The van der Waals surface area contributed by atoms with Gasteiger partial charge in [-0.05, 0) is 29.8 Å². The van der Waals surface area contributed by atoms with E-state index >= 15 is 0 Å². The highest BCUT2D eigenvalue weighted by molar-refractivity contribution is 5.36. The lowest BCUT2D eigenvalue weighted by atomic mass is 10.2. The first kappa shape index (κ1) is 15.2. The van der Waals surface area contributed by atoms with E-state index < -0.39 is 0 Å². The molecule has 3 rings (SSSR count). The number of hydrogen-bond donors (Lipinski definition) is 2. The third-order valence-corrected chi connectivity index (χ3v) is 3.46. The van der Waals surface area contributed by atoms with E-state index in [1.165, 1.54) is 5.56 Å². The number of nitrogens with zero attached hydrogens (tertiary/aromatic N) is 2. The van der Waals surface area contributed by atoms with Crippen LogP contribution in [0.5, 0.6) is 0 Å². The van der Waals surface area contributed by atoms with Crippen molar-refractivity contribution in [2.45, 2.75) is 19.6 Å². The van der Waals surface area contributed by atoms with Crippen molar-refractivity contribution in [1.29, 1.82) is 0 Å². The van der Waals surface area contributed by atoms with Crippen LogP contribution < -0.4 is 10.6 Å². The standard InChI is InChI=1S/C19H20N4/c1-2-7-16(8-3-1)13-22-19-11-6-10-18(23-19)15-20-14-17-9-4-5-12-21-17/h1-12,20H,13-15H2,(H,22,23). The van der Waals surface area contributed by atoms with E-state index in [0.717, 1.165) is 36.8 Å². The minimum atomic E-state index is 0.720. The van der Waals surface area contributed by atoms with Crippen LogP contribution in [0, 0.1) is 0 Å². The molecule has 0 bridgehead atoms. The highest BCUT2D eigenvalue weighted by atomic mass is 15.0. The van der Waals surface area contributed by atoms with Crippen LogP contribution >= 0.6 is 0 Å². The largest absolute Gasteiger partial charge is 0.366 e. The summed E-state index contributed by atoms with van der Waals surface area (Å²) in [5.74, 6) is 0.894. The van der Waals surface area contributed by atoms with Crippen molar-refractivity contribution in [3.05, 3.63) is 89.9 Å². The minimum absolute atomic E-state index is 0.720. The van der Waals surface area contributed by atoms with Crippen LogP contribution in [0.4, 0.5) is 5.82 Å². The van der Waals surface area contributed by atoms with Gasteiger partial charge in [0.2, 0.25) is 0 Å². The number of benzene rings is 1. The average molecular weight is 304 g/mol. The van der Waals surface area contributed by atoms with Gasteiger partial charge >= 0.3 is 0 Å². The molecule has 0 spiro atoms. The third kappa shape index (κ3) is 4.90. The summed E-state index contributed by atoms with van der Waals surface area (Å²) < 4.78 is 0. The van der Waals surface area contributed by atoms with Crippen LogP contribution in [0.25, 0.3) is 0 Å². The first-order valence-corrected chi connectivity index (χ1v) is 7.74. The Morgan fingerprint density at radius 1 is 0.696 bits per heavy atom. The second kappa shape index (κ2) is 8.06. The van der Waals surface area contributed by atoms with Gasteiger partial charge in [0.1, 0.15) is 5.82 Å². The summed E-state index contributed by atoms with van der Waals surface area (Å²) in [4.78, 5) is 8.92. The van der Waals surface area contributed by atoms with Gasteiger partial charge in [-0.15, -0.1) is 0 Å². The highest BCUT2D eigenvalue weighted by Crippen LogP contribution is 2.08. The van der Waals surface area contributed by atoms with E-state index in [4.69, 9.17) is 0 Å². The van der Waals surface area contributed by atoms with Crippen LogP contribution in [0.2, 0.25) is 0 Å². The van der Waals surface area contributed by atoms with Gasteiger partial charge in [-0.2, -0.15) is 0 Å². The second-order valence-corrected chi connectivity index (χ2v) is 5.28. The molecule has 2 heterocycles. The number of rotatable bonds is 7. The molecule has 0 aliphatic carbocycles. The Bertz CT molecular complexity index is 714. The number of anilines is 1. The summed E-state index contributed by atoms with van der Waals surface area (Å²) in [5.41, 5.74) is 3.29. The Balaban J connectivity index is 1.51. The van der Waals surface area contributed by atoms with Crippen molar-refractivity contribution in [2.75, 3.05) is 5.32 Å². The molecule has 0 fully saturated rings. The maximum Gasteiger partial charge on any atom is 0.126 e. The third-order valence-electron chi connectivity index (χ3n) is 3.46. The Morgan fingerprint density at radius 2 is 1.48 bits per heavy atom. The zero-order valence-electron chi connectivity index (χ0n) is 12.9.